The number of Topliss-reactive ketones (excluding diaryl/α,β-unsaturated/α-hetero) is 1. The highest BCUT2D eigenvalue weighted by atomic mass is 16.2. The third kappa shape index (κ3) is 16.9. The molecule has 3 unspecified atom stereocenters. The number of carbonyl (C=O) groups is 4. The molecule has 1 saturated heterocycles. The molecule has 0 bridgehead atoms. The number of aliphatic hydroxyl groups is 1. The van der Waals surface area contributed by atoms with Crippen LogP contribution in [0.1, 0.15) is 107 Å². The molecule has 0 aromatic heterocycles. The van der Waals surface area contributed by atoms with E-state index in [0.717, 1.165) is 58.3 Å². The van der Waals surface area contributed by atoms with Crippen molar-refractivity contribution >= 4 is 23.9 Å². The smallest absolute Gasteiger partial charge is 0.289 e. The lowest BCUT2D eigenvalue weighted by Gasteiger charge is -2.33. The second-order valence-corrected chi connectivity index (χ2v) is 10.3. The molecule has 226 valence electrons. The number of hydrogen-bond acceptors (Lipinski definition) is 7. The summed E-state index contributed by atoms with van der Waals surface area (Å²) in [5, 5.41) is 15.7. The quantitative estimate of drug-likeness (QED) is 0.245. The van der Waals surface area contributed by atoms with Crippen LogP contribution in [0, 0.1) is 5.41 Å². The topological polar surface area (TPSA) is 128 Å². The Bertz CT molecular complexity index is 633. The number of rotatable bonds is 10. The van der Waals surface area contributed by atoms with Crippen molar-refractivity contribution in [3.8, 4) is 0 Å². The largest absolute Gasteiger partial charge is 0.400 e. The van der Waals surface area contributed by atoms with Gasteiger partial charge in [-0.25, -0.2) is 0 Å². The van der Waals surface area contributed by atoms with Gasteiger partial charge in [-0.1, -0.05) is 74.7 Å². The second-order valence-electron chi connectivity index (χ2n) is 10.3. The van der Waals surface area contributed by atoms with Crippen molar-refractivity contribution in [3.05, 3.63) is 0 Å². The molecule has 0 spiro atoms. The molecule has 1 aliphatic heterocycles. The third-order valence-electron chi connectivity index (χ3n) is 5.79. The van der Waals surface area contributed by atoms with Crippen molar-refractivity contribution in [1.82, 2.24) is 20.9 Å². The molecule has 4 N–H and O–H groups in total. The Labute approximate surface area is 233 Å². The van der Waals surface area contributed by atoms with Gasteiger partial charge in [-0.3, -0.25) is 14.4 Å². The summed E-state index contributed by atoms with van der Waals surface area (Å²) in [5.41, 5.74) is -0.137. The number of hydrogen-bond donors (Lipinski definition) is 4. The maximum absolute atomic E-state index is 12.3. The number of nitrogens with one attached hydrogen (secondary N) is 3. The van der Waals surface area contributed by atoms with E-state index < -0.39 is 5.91 Å². The fourth-order valence-corrected chi connectivity index (χ4v) is 3.76. The van der Waals surface area contributed by atoms with Gasteiger partial charge in [-0.15, -0.1) is 0 Å². The molecule has 9 heteroatoms. The molecule has 9 nitrogen and oxygen atoms in total. The molecule has 1 aliphatic carbocycles. The zero-order valence-corrected chi connectivity index (χ0v) is 26.3. The maximum atomic E-state index is 12.3. The van der Waals surface area contributed by atoms with E-state index >= 15 is 0 Å². The van der Waals surface area contributed by atoms with E-state index in [1.165, 1.54) is 6.42 Å². The van der Waals surface area contributed by atoms with Crippen LogP contribution in [-0.2, 0) is 19.2 Å². The van der Waals surface area contributed by atoms with E-state index in [1.54, 1.807) is 19.0 Å². The van der Waals surface area contributed by atoms with Gasteiger partial charge in [0.2, 0.25) is 11.7 Å². The van der Waals surface area contributed by atoms with Gasteiger partial charge in [0.05, 0.1) is 18.1 Å². The van der Waals surface area contributed by atoms with Crippen molar-refractivity contribution in [1.29, 1.82) is 0 Å². The van der Waals surface area contributed by atoms with Gasteiger partial charge in [-0.05, 0) is 51.6 Å². The van der Waals surface area contributed by atoms with E-state index in [2.05, 4.69) is 36.7 Å². The summed E-state index contributed by atoms with van der Waals surface area (Å²) >= 11 is 0. The van der Waals surface area contributed by atoms with Gasteiger partial charge >= 0.3 is 0 Å². The van der Waals surface area contributed by atoms with Gasteiger partial charge in [0.15, 0.2) is 0 Å². The lowest BCUT2D eigenvalue weighted by molar-refractivity contribution is -0.139. The minimum atomic E-state index is -0.423. The fraction of sp³-hybridized carbons (Fsp3) is 0.862. The van der Waals surface area contributed by atoms with Crippen molar-refractivity contribution in [3.63, 3.8) is 0 Å². The summed E-state index contributed by atoms with van der Waals surface area (Å²) in [7, 11) is 4.52. The molecule has 0 aromatic carbocycles. The molecule has 2 fully saturated rings. The number of nitrogens with zero attached hydrogens (tertiary/aromatic N) is 1. The normalized spacial score (nSPS) is 17.4. The van der Waals surface area contributed by atoms with Gasteiger partial charge < -0.3 is 30.8 Å². The number of unbranched alkanes of at least 4 members (excludes halogenated alkanes) is 1. The predicted molar refractivity (Wildman–Crippen MR) is 157 cm³/mol. The van der Waals surface area contributed by atoms with Crippen molar-refractivity contribution in [2.45, 2.75) is 131 Å². The van der Waals surface area contributed by atoms with Crippen LogP contribution in [0.2, 0.25) is 0 Å². The summed E-state index contributed by atoms with van der Waals surface area (Å²) < 4.78 is 0. The molecule has 0 radical (unpaired) electrons. The van der Waals surface area contributed by atoms with Crippen LogP contribution >= 0.6 is 0 Å². The van der Waals surface area contributed by atoms with Crippen LogP contribution in [0.5, 0.6) is 0 Å². The number of likely N-dealkylation sites (N-methyl/N-ethyl adjacent to an activating group) is 2. The van der Waals surface area contributed by atoms with Crippen molar-refractivity contribution in [2.24, 2.45) is 5.41 Å². The lowest BCUT2D eigenvalue weighted by atomic mass is 9.86. The first-order chi connectivity index (χ1) is 18.0. The number of aliphatic hydroxyl groups excluding tert-OH is 1. The zero-order chi connectivity index (χ0) is 30.3. The first-order valence-electron chi connectivity index (χ1n) is 14.4. The Hall–Kier alpha value is -1.84. The average Bonchev–Trinajstić information content (AvgIpc) is 3.58. The standard InChI is InChI=1S/C12H22N2O2.C11H20N2O2.C3H8.C2H6.CH4O/c1-12(2,3)10(13-4)11(16)14-7-5-6-9(14)8-15;1-3-4-5-9(12-2)10(14)11(15)13-8-6-7-8;1-3-2;2*1-2/h8-10,13H,5-7H2,1-4H3;8-9,12H,3-7H2,1-2H3,(H,13,15);3H2,1-2H3;1-2H3;2H,1H3. The van der Waals surface area contributed by atoms with E-state index in [4.69, 9.17) is 5.11 Å². The zero-order valence-electron chi connectivity index (χ0n) is 26.3. The highest BCUT2D eigenvalue weighted by Gasteiger charge is 2.37. The summed E-state index contributed by atoms with van der Waals surface area (Å²) in [6.45, 7) is 17.1. The minimum Gasteiger partial charge on any atom is -0.400 e. The Kier molecular flexibility index (Phi) is 25.9. The Morgan fingerprint density at radius 1 is 1.00 bits per heavy atom. The molecule has 38 heavy (non-hydrogen) atoms. The number of carbonyl (C=O) groups excluding carboxylic acids is 4. The molecular formula is C29H60N4O5. The number of aldehydes is 1. The Balaban J connectivity index is -0.000000522. The number of ketones is 1. The van der Waals surface area contributed by atoms with E-state index in [-0.39, 0.29) is 41.3 Å². The number of amides is 2. The molecule has 2 aliphatic rings. The fourth-order valence-electron chi connectivity index (χ4n) is 3.76. The summed E-state index contributed by atoms with van der Waals surface area (Å²) in [6, 6.07) is -0.507. The maximum Gasteiger partial charge on any atom is 0.289 e. The predicted octanol–water partition coefficient (Wildman–Crippen LogP) is 3.47. The molecule has 1 heterocycles. The summed E-state index contributed by atoms with van der Waals surface area (Å²) in [6.07, 6.45) is 8.63. The lowest BCUT2D eigenvalue weighted by Crippen LogP contribution is -2.53. The molecule has 0 aromatic rings. The van der Waals surface area contributed by atoms with E-state index in [9.17, 15) is 19.2 Å². The van der Waals surface area contributed by atoms with Crippen molar-refractivity contribution < 1.29 is 24.3 Å². The van der Waals surface area contributed by atoms with E-state index in [0.29, 0.717) is 6.54 Å². The minimum absolute atomic E-state index is 0.0459. The summed E-state index contributed by atoms with van der Waals surface area (Å²) in [4.78, 5) is 48.0. The first kappa shape index (κ1) is 40.7. The molecule has 2 rings (SSSR count). The summed E-state index contributed by atoms with van der Waals surface area (Å²) in [5.74, 6) is -0.699. The van der Waals surface area contributed by atoms with Gasteiger partial charge in [0, 0.05) is 19.7 Å². The van der Waals surface area contributed by atoms with Crippen molar-refractivity contribution in [2.75, 3.05) is 27.7 Å². The van der Waals surface area contributed by atoms with Crippen LogP contribution in [-0.4, -0.2) is 85.8 Å². The van der Waals surface area contributed by atoms with Crippen LogP contribution in [0.4, 0.5) is 0 Å². The SMILES string of the molecule is CC.CCC.CCCCC(NC)C(=O)C(=O)NC1CC1.CNC(C(=O)N1CCCC1C=O)C(C)(C)C.CO. The van der Waals surface area contributed by atoms with Gasteiger partial charge in [0.1, 0.15) is 6.29 Å². The molecule has 2 amide bonds. The Morgan fingerprint density at radius 2 is 1.53 bits per heavy atom. The van der Waals surface area contributed by atoms with Crippen LogP contribution in [0.15, 0.2) is 0 Å². The first-order valence-corrected chi connectivity index (χ1v) is 14.4. The van der Waals surface area contributed by atoms with Gasteiger partial charge in [-0.2, -0.15) is 0 Å². The monoisotopic (exact) mass is 544 g/mol. The van der Waals surface area contributed by atoms with Crippen LogP contribution in [0.25, 0.3) is 0 Å². The van der Waals surface area contributed by atoms with E-state index in [1.807, 2.05) is 34.6 Å². The average molecular weight is 545 g/mol. The highest BCUT2D eigenvalue weighted by Crippen LogP contribution is 2.24. The van der Waals surface area contributed by atoms with Gasteiger partial charge in [0.25, 0.3) is 5.91 Å². The third-order valence-corrected chi connectivity index (χ3v) is 5.79. The number of likely N-dealkylation sites (tertiary alicyclic amines) is 1. The highest BCUT2D eigenvalue weighted by molar-refractivity contribution is 6.38. The van der Waals surface area contributed by atoms with Crippen LogP contribution in [0.3, 0.4) is 0 Å². The molecule has 3 atom stereocenters. The second kappa shape index (κ2) is 24.2. The molecule has 1 saturated carbocycles. The Morgan fingerprint density at radius 3 is 1.89 bits per heavy atom. The van der Waals surface area contributed by atoms with Crippen LogP contribution < -0.4 is 16.0 Å². The molecular weight excluding hydrogens is 484 g/mol.